The number of imide groups is 1. The molecular formula is C20H15NO3S. The number of nitrogens with zero attached hydrogens (tertiary/aromatic N) is 1. The van der Waals surface area contributed by atoms with Crippen molar-refractivity contribution in [2.45, 2.75) is 0 Å². The number of thioether (sulfide) groups is 1. The van der Waals surface area contributed by atoms with Crippen LogP contribution in [0.15, 0.2) is 77.7 Å². The maximum atomic E-state index is 12.4. The monoisotopic (exact) mass is 349 g/mol. The standard InChI is InChI=1S/C20H15NO3S/c22-17(16-11-5-2-6-12-16)14-21-19(23)18(25-20(21)24)13-7-10-15-8-3-1-4-9-15/h1-13H,14H2/b10-7+,18-13+. The number of hydrogen-bond donors (Lipinski definition) is 0. The lowest BCUT2D eigenvalue weighted by Crippen LogP contribution is -2.33. The van der Waals surface area contributed by atoms with E-state index in [4.69, 9.17) is 0 Å². The summed E-state index contributed by atoms with van der Waals surface area (Å²) in [6.07, 6.45) is 5.18. The van der Waals surface area contributed by atoms with Crippen LogP contribution in [0, 0.1) is 0 Å². The van der Waals surface area contributed by atoms with E-state index in [1.54, 1.807) is 42.5 Å². The molecule has 1 saturated heterocycles. The highest BCUT2D eigenvalue weighted by atomic mass is 32.2. The molecule has 0 bridgehead atoms. The van der Waals surface area contributed by atoms with E-state index >= 15 is 0 Å². The fourth-order valence-corrected chi connectivity index (χ4v) is 3.11. The van der Waals surface area contributed by atoms with Crippen LogP contribution in [0.5, 0.6) is 0 Å². The average Bonchev–Trinajstić information content (AvgIpc) is 2.91. The Morgan fingerprint density at radius 2 is 1.60 bits per heavy atom. The Balaban J connectivity index is 1.69. The fourth-order valence-electron chi connectivity index (χ4n) is 2.32. The van der Waals surface area contributed by atoms with Gasteiger partial charge in [0.2, 0.25) is 0 Å². The van der Waals surface area contributed by atoms with Gasteiger partial charge in [0.25, 0.3) is 11.1 Å². The van der Waals surface area contributed by atoms with Crippen LogP contribution < -0.4 is 0 Å². The Kier molecular flexibility index (Phi) is 5.26. The van der Waals surface area contributed by atoms with Crippen LogP contribution in [0.2, 0.25) is 0 Å². The van der Waals surface area contributed by atoms with Gasteiger partial charge in [0.15, 0.2) is 5.78 Å². The second-order valence-electron chi connectivity index (χ2n) is 5.35. The predicted molar refractivity (Wildman–Crippen MR) is 99.0 cm³/mol. The molecule has 124 valence electrons. The van der Waals surface area contributed by atoms with Crippen LogP contribution in [0.3, 0.4) is 0 Å². The van der Waals surface area contributed by atoms with Crippen molar-refractivity contribution in [3.05, 3.63) is 88.8 Å². The lowest BCUT2D eigenvalue weighted by Gasteiger charge is -2.11. The molecule has 25 heavy (non-hydrogen) atoms. The van der Waals surface area contributed by atoms with Crippen molar-refractivity contribution < 1.29 is 14.4 Å². The summed E-state index contributed by atoms with van der Waals surface area (Å²) in [6, 6.07) is 18.3. The van der Waals surface area contributed by atoms with Crippen molar-refractivity contribution >= 4 is 34.8 Å². The Bertz CT molecular complexity index is 857. The molecule has 0 radical (unpaired) electrons. The number of amides is 2. The normalized spacial score (nSPS) is 16.2. The quantitative estimate of drug-likeness (QED) is 0.601. The average molecular weight is 349 g/mol. The molecular weight excluding hydrogens is 334 g/mol. The van der Waals surface area contributed by atoms with Gasteiger partial charge in [0, 0.05) is 5.56 Å². The molecule has 0 N–H and O–H groups in total. The molecule has 2 amide bonds. The van der Waals surface area contributed by atoms with Gasteiger partial charge < -0.3 is 0 Å². The van der Waals surface area contributed by atoms with Crippen LogP contribution in [-0.4, -0.2) is 28.4 Å². The van der Waals surface area contributed by atoms with Gasteiger partial charge >= 0.3 is 0 Å². The SMILES string of the molecule is O=C(CN1C(=O)S/C(=C/C=C/c2ccccc2)C1=O)c1ccccc1. The molecule has 3 rings (SSSR count). The van der Waals surface area contributed by atoms with Gasteiger partial charge in [0.05, 0.1) is 11.4 Å². The first-order chi connectivity index (χ1) is 12.1. The van der Waals surface area contributed by atoms with Gasteiger partial charge in [-0.1, -0.05) is 72.8 Å². The number of hydrogen-bond acceptors (Lipinski definition) is 4. The zero-order valence-electron chi connectivity index (χ0n) is 13.3. The third-order valence-corrected chi connectivity index (χ3v) is 4.53. The largest absolute Gasteiger partial charge is 0.293 e. The summed E-state index contributed by atoms with van der Waals surface area (Å²) in [5.74, 6) is -0.694. The van der Waals surface area contributed by atoms with E-state index in [1.807, 2.05) is 36.4 Å². The number of allylic oxidation sites excluding steroid dienone is 2. The number of carbonyl (C=O) groups is 3. The molecule has 2 aromatic carbocycles. The molecule has 5 heteroatoms. The van der Waals surface area contributed by atoms with Gasteiger partial charge in [-0.15, -0.1) is 0 Å². The van der Waals surface area contributed by atoms with E-state index in [9.17, 15) is 14.4 Å². The molecule has 1 aliphatic heterocycles. The second-order valence-corrected chi connectivity index (χ2v) is 6.34. The fraction of sp³-hybridized carbons (Fsp3) is 0.0500. The highest BCUT2D eigenvalue weighted by molar-refractivity contribution is 8.18. The number of benzene rings is 2. The molecule has 1 fully saturated rings. The molecule has 0 spiro atoms. The maximum Gasteiger partial charge on any atom is 0.293 e. The highest BCUT2D eigenvalue weighted by Crippen LogP contribution is 2.30. The lowest BCUT2D eigenvalue weighted by molar-refractivity contribution is -0.122. The Hall–Kier alpha value is -2.92. The van der Waals surface area contributed by atoms with Gasteiger partial charge in [-0.25, -0.2) is 0 Å². The molecule has 2 aromatic rings. The summed E-state index contributed by atoms with van der Waals surface area (Å²) in [4.78, 5) is 37.9. The van der Waals surface area contributed by atoms with E-state index in [1.165, 1.54) is 0 Å². The minimum atomic E-state index is -0.433. The third-order valence-electron chi connectivity index (χ3n) is 3.61. The molecule has 0 aromatic heterocycles. The maximum absolute atomic E-state index is 12.4. The predicted octanol–water partition coefficient (Wildman–Crippen LogP) is 4.16. The van der Waals surface area contributed by atoms with E-state index in [2.05, 4.69) is 0 Å². The number of rotatable bonds is 5. The summed E-state index contributed by atoms with van der Waals surface area (Å²) in [5.41, 5.74) is 1.48. The van der Waals surface area contributed by atoms with Crippen molar-refractivity contribution in [1.29, 1.82) is 0 Å². The Labute approximate surface area is 149 Å². The molecule has 0 unspecified atom stereocenters. The van der Waals surface area contributed by atoms with E-state index in [0.29, 0.717) is 10.5 Å². The van der Waals surface area contributed by atoms with Gasteiger partial charge in [-0.2, -0.15) is 0 Å². The smallest absolute Gasteiger partial charge is 0.292 e. The van der Waals surface area contributed by atoms with Crippen molar-refractivity contribution in [3.8, 4) is 0 Å². The molecule has 4 nitrogen and oxygen atoms in total. The van der Waals surface area contributed by atoms with Crippen molar-refractivity contribution in [2.24, 2.45) is 0 Å². The molecule has 1 heterocycles. The van der Waals surface area contributed by atoms with Crippen LogP contribution in [0.4, 0.5) is 4.79 Å². The zero-order valence-corrected chi connectivity index (χ0v) is 14.1. The topological polar surface area (TPSA) is 54.5 Å². The first kappa shape index (κ1) is 16.9. The first-order valence-electron chi connectivity index (χ1n) is 7.70. The van der Waals surface area contributed by atoms with Gasteiger partial charge in [0.1, 0.15) is 0 Å². The summed E-state index contributed by atoms with van der Waals surface area (Å²) in [5, 5.41) is -0.423. The first-order valence-corrected chi connectivity index (χ1v) is 8.52. The molecule has 1 aliphatic rings. The van der Waals surface area contributed by atoms with E-state index in [-0.39, 0.29) is 12.3 Å². The van der Waals surface area contributed by atoms with Crippen LogP contribution in [-0.2, 0) is 4.79 Å². The lowest BCUT2D eigenvalue weighted by atomic mass is 10.1. The summed E-state index contributed by atoms with van der Waals surface area (Å²) >= 11 is 0.849. The minimum Gasteiger partial charge on any atom is -0.292 e. The van der Waals surface area contributed by atoms with E-state index in [0.717, 1.165) is 22.2 Å². The zero-order chi connectivity index (χ0) is 17.6. The third kappa shape index (κ3) is 4.14. The van der Waals surface area contributed by atoms with Crippen molar-refractivity contribution in [3.63, 3.8) is 0 Å². The van der Waals surface area contributed by atoms with Crippen LogP contribution >= 0.6 is 11.8 Å². The van der Waals surface area contributed by atoms with E-state index < -0.39 is 11.1 Å². The highest BCUT2D eigenvalue weighted by Gasteiger charge is 2.35. The van der Waals surface area contributed by atoms with Crippen molar-refractivity contribution in [2.75, 3.05) is 6.54 Å². The Morgan fingerprint density at radius 3 is 2.28 bits per heavy atom. The summed E-state index contributed by atoms with van der Waals surface area (Å²) in [7, 11) is 0. The van der Waals surface area contributed by atoms with Gasteiger partial charge in [-0.05, 0) is 23.4 Å². The van der Waals surface area contributed by atoms with Crippen molar-refractivity contribution in [1.82, 2.24) is 4.90 Å². The Morgan fingerprint density at radius 1 is 0.960 bits per heavy atom. The van der Waals surface area contributed by atoms with Crippen LogP contribution in [0.25, 0.3) is 6.08 Å². The number of ketones is 1. The number of carbonyl (C=O) groups excluding carboxylic acids is 3. The van der Waals surface area contributed by atoms with Crippen LogP contribution in [0.1, 0.15) is 15.9 Å². The van der Waals surface area contributed by atoms with Gasteiger partial charge in [-0.3, -0.25) is 19.3 Å². The second kappa shape index (κ2) is 7.77. The molecule has 0 aliphatic carbocycles. The number of Topliss-reactive ketones (excluding diaryl/α,β-unsaturated/α-hetero) is 1. The molecule has 0 saturated carbocycles. The minimum absolute atomic E-state index is 0.242. The molecule has 0 atom stereocenters. The summed E-state index contributed by atoms with van der Waals surface area (Å²) in [6.45, 7) is -0.242. The summed E-state index contributed by atoms with van der Waals surface area (Å²) < 4.78 is 0.